The van der Waals surface area contributed by atoms with Gasteiger partial charge in [-0.3, -0.25) is 0 Å². The highest BCUT2D eigenvalue weighted by molar-refractivity contribution is 5.68. The van der Waals surface area contributed by atoms with Gasteiger partial charge < -0.3 is 40.1 Å². The molecule has 0 amide bonds. The van der Waals surface area contributed by atoms with Crippen LogP contribution in [0.1, 0.15) is 0 Å². The third-order valence-corrected chi connectivity index (χ3v) is 2.96. The lowest BCUT2D eigenvalue weighted by Gasteiger charge is -1.98. The van der Waals surface area contributed by atoms with Crippen LogP contribution in [0, 0.1) is 0 Å². The maximum absolute atomic E-state index is 5.42. The first-order valence-electron chi connectivity index (χ1n) is 7.40. The summed E-state index contributed by atoms with van der Waals surface area (Å²) in [5, 5.41) is 0. The van der Waals surface area contributed by atoms with Crippen molar-refractivity contribution in [3.05, 3.63) is 66.7 Å². The first kappa shape index (κ1) is 19.3. The van der Waals surface area contributed by atoms with Gasteiger partial charge in [0, 0.05) is 28.4 Å². The average molecular weight is 339 g/mol. The predicted octanol–water partition coefficient (Wildman–Crippen LogP) is 2.14. The molecule has 0 aliphatic carbocycles. The molecule has 0 fully saturated rings. The summed E-state index contributed by atoms with van der Waals surface area (Å²) >= 11 is 0. The molecule has 3 aromatic rings. The van der Waals surface area contributed by atoms with Gasteiger partial charge in [-0.05, 0) is 60.7 Å². The summed E-state index contributed by atoms with van der Waals surface area (Å²) < 4.78 is 0. The molecule has 0 atom stereocenters. The van der Waals surface area contributed by atoms with Gasteiger partial charge in [0.2, 0.25) is 0 Å². The van der Waals surface area contributed by atoms with Crippen molar-refractivity contribution in [2.45, 2.75) is 0 Å². The zero-order chi connectivity index (χ0) is 18.8. The number of hydrogen-bond donors (Lipinski definition) is 7. The Hall–Kier alpha value is -3.74. The van der Waals surface area contributed by atoms with E-state index in [0.717, 1.165) is 11.4 Å². The fraction of sp³-hybridized carbons (Fsp3) is 0. The molecule has 0 unspecified atom stereocenters. The van der Waals surface area contributed by atoms with E-state index in [9.17, 15) is 0 Å². The lowest BCUT2D eigenvalue weighted by Crippen LogP contribution is -1.95. The molecule has 7 heteroatoms. The van der Waals surface area contributed by atoms with E-state index in [4.69, 9.17) is 40.1 Å². The minimum Gasteiger partial charge on any atom is -0.399 e. The molecule has 0 spiro atoms. The number of nitrogen functional groups attached to an aromatic ring is 7. The Labute approximate surface area is 147 Å². The van der Waals surface area contributed by atoms with Crippen molar-refractivity contribution in [2.75, 3.05) is 40.1 Å². The summed E-state index contributed by atoms with van der Waals surface area (Å²) in [6.07, 6.45) is 0. The summed E-state index contributed by atoms with van der Waals surface area (Å²) in [4.78, 5) is 0. The summed E-state index contributed by atoms with van der Waals surface area (Å²) in [5.74, 6) is 0. The Morgan fingerprint density at radius 1 is 0.360 bits per heavy atom. The van der Waals surface area contributed by atoms with Crippen LogP contribution < -0.4 is 40.1 Å². The molecule has 3 rings (SSSR count). The second-order valence-electron chi connectivity index (χ2n) is 5.23. The Morgan fingerprint density at radius 2 is 0.760 bits per heavy atom. The van der Waals surface area contributed by atoms with Crippen LogP contribution in [0.5, 0.6) is 0 Å². The van der Waals surface area contributed by atoms with E-state index in [1.54, 1.807) is 60.7 Å². The molecule has 3 aromatic carbocycles. The molecule has 0 saturated heterocycles. The van der Waals surface area contributed by atoms with Crippen LogP contribution in [-0.2, 0) is 0 Å². The van der Waals surface area contributed by atoms with Crippen molar-refractivity contribution in [3.63, 3.8) is 0 Å². The molecule has 25 heavy (non-hydrogen) atoms. The molecule has 0 bridgehead atoms. The summed E-state index contributed by atoms with van der Waals surface area (Å²) in [6.45, 7) is 0. The van der Waals surface area contributed by atoms with Gasteiger partial charge in [-0.2, -0.15) is 0 Å². The summed E-state index contributed by atoms with van der Waals surface area (Å²) in [5.41, 5.74) is 42.4. The number of benzene rings is 3. The number of nitrogens with two attached hydrogens (primary N) is 7. The zero-order valence-electron chi connectivity index (χ0n) is 13.9. The maximum atomic E-state index is 5.42. The monoisotopic (exact) mass is 339 g/mol. The molecule has 0 aromatic heterocycles. The maximum Gasteiger partial charge on any atom is 0.0568 e. The Balaban J connectivity index is 0.000000188. The third kappa shape index (κ3) is 7.89. The minimum atomic E-state index is 0.537. The van der Waals surface area contributed by atoms with Crippen molar-refractivity contribution in [1.82, 2.24) is 0 Å². The summed E-state index contributed by atoms with van der Waals surface area (Å²) in [7, 11) is 0. The Morgan fingerprint density at radius 3 is 1.08 bits per heavy atom. The molecule has 132 valence electrons. The van der Waals surface area contributed by atoms with Crippen LogP contribution in [0.2, 0.25) is 0 Å². The van der Waals surface area contributed by atoms with Crippen LogP contribution >= 0.6 is 0 Å². The van der Waals surface area contributed by atoms with Gasteiger partial charge >= 0.3 is 0 Å². The molecule has 0 saturated carbocycles. The van der Waals surface area contributed by atoms with Crippen molar-refractivity contribution in [1.29, 1.82) is 0 Å². The average Bonchev–Trinajstić information content (AvgIpc) is 2.55. The van der Waals surface area contributed by atoms with Crippen molar-refractivity contribution in [2.24, 2.45) is 0 Å². The van der Waals surface area contributed by atoms with Gasteiger partial charge in [-0.25, -0.2) is 0 Å². The van der Waals surface area contributed by atoms with E-state index >= 15 is 0 Å². The molecule has 0 heterocycles. The highest BCUT2D eigenvalue weighted by Gasteiger charge is 1.91. The molecule has 0 radical (unpaired) electrons. The lowest BCUT2D eigenvalue weighted by molar-refractivity contribution is 1.65. The quantitative estimate of drug-likeness (QED) is 0.306. The normalized spacial score (nSPS) is 9.12. The van der Waals surface area contributed by atoms with Crippen molar-refractivity contribution < 1.29 is 0 Å². The Bertz CT molecular complexity index is 747. The van der Waals surface area contributed by atoms with Crippen LogP contribution in [0.15, 0.2) is 66.7 Å². The fourth-order valence-corrected chi connectivity index (χ4v) is 1.65. The minimum absolute atomic E-state index is 0.537. The fourth-order valence-electron chi connectivity index (χ4n) is 1.65. The van der Waals surface area contributed by atoms with Gasteiger partial charge in [0.1, 0.15) is 0 Å². The molecule has 0 aliphatic heterocycles. The molecule has 0 aliphatic rings. The van der Waals surface area contributed by atoms with Crippen molar-refractivity contribution in [3.8, 4) is 0 Å². The second kappa shape index (κ2) is 9.41. The SMILES string of the molecule is Nc1ccc(N)c(N)c1.Nc1ccc(N)cc1.Nc1cccc(N)c1. The molecule has 7 nitrogen and oxygen atoms in total. The summed E-state index contributed by atoms with van der Waals surface area (Å²) in [6, 6.07) is 19.3. The van der Waals surface area contributed by atoms with Crippen LogP contribution in [-0.4, -0.2) is 0 Å². The van der Waals surface area contributed by atoms with Crippen LogP contribution in [0.3, 0.4) is 0 Å². The van der Waals surface area contributed by atoms with Crippen LogP contribution in [0.4, 0.5) is 39.8 Å². The third-order valence-electron chi connectivity index (χ3n) is 2.96. The Kier molecular flexibility index (Phi) is 7.27. The largest absolute Gasteiger partial charge is 0.399 e. The first-order chi connectivity index (χ1) is 11.8. The van der Waals surface area contributed by atoms with Gasteiger partial charge in [0.05, 0.1) is 11.4 Å². The number of hydrogen-bond acceptors (Lipinski definition) is 7. The topological polar surface area (TPSA) is 182 Å². The van der Waals surface area contributed by atoms with Gasteiger partial charge in [-0.15, -0.1) is 0 Å². The van der Waals surface area contributed by atoms with Crippen LogP contribution in [0.25, 0.3) is 0 Å². The highest BCUT2D eigenvalue weighted by Crippen LogP contribution is 2.16. The molecule has 14 N–H and O–H groups in total. The van der Waals surface area contributed by atoms with E-state index in [1.807, 2.05) is 6.07 Å². The predicted molar refractivity (Wildman–Crippen MR) is 110 cm³/mol. The van der Waals surface area contributed by atoms with E-state index in [1.165, 1.54) is 0 Å². The van der Waals surface area contributed by atoms with E-state index in [2.05, 4.69) is 0 Å². The second-order valence-corrected chi connectivity index (χ2v) is 5.23. The zero-order valence-corrected chi connectivity index (χ0v) is 13.9. The van der Waals surface area contributed by atoms with Gasteiger partial charge in [0.25, 0.3) is 0 Å². The van der Waals surface area contributed by atoms with Crippen molar-refractivity contribution >= 4 is 39.8 Å². The van der Waals surface area contributed by atoms with E-state index in [0.29, 0.717) is 28.4 Å². The van der Waals surface area contributed by atoms with E-state index in [-0.39, 0.29) is 0 Å². The number of anilines is 7. The number of rotatable bonds is 0. The molecular formula is C18H25N7. The van der Waals surface area contributed by atoms with Gasteiger partial charge in [-0.1, -0.05) is 6.07 Å². The lowest BCUT2D eigenvalue weighted by atomic mass is 10.2. The highest BCUT2D eigenvalue weighted by atomic mass is 14.7. The van der Waals surface area contributed by atoms with Gasteiger partial charge in [0.15, 0.2) is 0 Å². The first-order valence-corrected chi connectivity index (χ1v) is 7.40. The smallest absolute Gasteiger partial charge is 0.0568 e. The standard InChI is InChI=1S/C6H9N3.2C6H8N2/c7-4-1-2-5(8)6(9)3-4;7-5-1-2-6(8)4-3-5;7-5-2-1-3-6(8)4-5/h1-3H,7-9H2;2*1-4H,7-8H2. The van der Waals surface area contributed by atoms with E-state index < -0.39 is 0 Å². The molecular weight excluding hydrogens is 314 g/mol.